The standard InChI is InChI=1S/C12H24O3/c1-5-11(14-3)8-9-12(15-4)7-6-10-13-2/h9,11H,5-8,10H2,1-4H3. The van der Waals surface area contributed by atoms with Gasteiger partial charge >= 0.3 is 0 Å². The summed E-state index contributed by atoms with van der Waals surface area (Å²) in [5.74, 6) is 1.03. The molecule has 0 saturated carbocycles. The second kappa shape index (κ2) is 9.99. The molecule has 0 radical (unpaired) electrons. The summed E-state index contributed by atoms with van der Waals surface area (Å²) in [4.78, 5) is 0. The van der Waals surface area contributed by atoms with Crippen molar-refractivity contribution in [3.63, 3.8) is 0 Å². The van der Waals surface area contributed by atoms with Crippen molar-refractivity contribution in [3.05, 3.63) is 11.8 Å². The van der Waals surface area contributed by atoms with Gasteiger partial charge in [0.15, 0.2) is 0 Å². The molecule has 0 rings (SSSR count). The molecule has 0 N–H and O–H groups in total. The Bertz CT molecular complexity index is 162. The van der Waals surface area contributed by atoms with Gasteiger partial charge in [-0.2, -0.15) is 0 Å². The number of rotatable bonds is 9. The molecule has 0 aliphatic rings. The molecule has 1 atom stereocenters. The Morgan fingerprint density at radius 2 is 2.00 bits per heavy atom. The van der Waals surface area contributed by atoms with Gasteiger partial charge in [0.05, 0.1) is 19.0 Å². The molecule has 0 aromatic carbocycles. The zero-order valence-electron chi connectivity index (χ0n) is 10.4. The van der Waals surface area contributed by atoms with Gasteiger partial charge in [0, 0.05) is 27.2 Å². The zero-order valence-corrected chi connectivity index (χ0v) is 10.4. The summed E-state index contributed by atoms with van der Waals surface area (Å²) < 4.78 is 15.6. The molecule has 3 heteroatoms. The molecule has 90 valence electrons. The number of ether oxygens (including phenoxy) is 3. The van der Waals surface area contributed by atoms with E-state index in [1.54, 1.807) is 21.3 Å². The summed E-state index contributed by atoms with van der Waals surface area (Å²) in [7, 11) is 5.18. The van der Waals surface area contributed by atoms with E-state index in [0.29, 0.717) is 6.10 Å². The number of methoxy groups -OCH3 is 3. The maximum atomic E-state index is 5.30. The van der Waals surface area contributed by atoms with Crippen LogP contribution in [0.2, 0.25) is 0 Å². The molecule has 0 aliphatic heterocycles. The van der Waals surface area contributed by atoms with Gasteiger partial charge in [0.1, 0.15) is 0 Å². The van der Waals surface area contributed by atoms with Crippen LogP contribution < -0.4 is 0 Å². The molecule has 0 aliphatic carbocycles. The first-order chi connectivity index (χ1) is 7.28. The highest BCUT2D eigenvalue weighted by Gasteiger charge is 2.03. The van der Waals surface area contributed by atoms with Crippen LogP contribution in [0.5, 0.6) is 0 Å². The van der Waals surface area contributed by atoms with Crippen molar-refractivity contribution >= 4 is 0 Å². The molecule has 0 saturated heterocycles. The Hall–Kier alpha value is -0.540. The Morgan fingerprint density at radius 3 is 2.47 bits per heavy atom. The van der Waals surface area contributed by atoms with Crippen molar-refractivity contribution < 1.29 is 14.2 Å². The molecule has 3 nitrogen and oxygen atoms in total. The fourth-order valence-electron chi connectivity index (χ4n) is 1.37. The van der Waals surface area contributed by atoms with Crippen molar-refractivity contribution in [2.24, 2.45) is 0 Å². The third-order valence-corrected chi connectivity index (χ3v) is 2.43. The maximum Gasteiger partial charge on any atom is 0.0917 e. The van der Waals surface area contributed by atoms with Crippen molar-refractivity contribution in [2.75, 3.05) is 27.9 Å². The van der Waals surface area contributed by atoms with E-state index in [1.165, 1.54) is 0 Å². The minimum absolute atomic E-state index is 0.303. The Kier molecular flexibility index (Phi) is 9.63. The summed E-state index contributed by atoms with van der Waals surface area (Å²) in [6.45, 7) is 2.90. The second-order valence-corrected chi connectivity index (χ2v) is 3.47. The van der Waals surface area contributed by atoms with Crippen LogP contribution >= 0.6 is 0 Å². The van der Waals surface area contributed by atoms with Crippen LogP contribution in [0.1, 0.15) is 32.6 Å². The number of hydrogen-bond donors (Lipinski definition) is 0. The van der Waals surface area contributed by atoms with E-state index in [-0.39, 0.29) is 0 Å². The van der Waals surface area contributed by atoms with Gasteiger partial charge in [0.2, 0.25) is 0 Å². The third kappa shape index (κ3) is 7.40. The summed E-state index contributed by atoms with van der Waals surface area (Å²) in [6, 6.07) is 0. The monoisotopic (exact) mass is 216 g/mol. The number of hydrogen-bond acceptors (Lipinski definition) is 3. The minimum atomic E-state index is 0.303. The van der Waals surface area contributed by atoms with Crippen LogP contribution in [0.25, 0.3) is 0 Å². The normalized spacial score (nSPS) is 14.0. The van der Waals surface area contributed by atoms with E-state index in [0.717, 1.165) is 38.0 Å². The quantitative estimate of drug-likeness (QED) is 0.438. The second-order valence-electron chi connectivity index (χ2n) is 3.47. The van der Waals surface area contributed by atoms with Crippen LogP contribution in [-0.4, -0.2) is 34.0 Å². The average Bonchev–Trinajstić information content (AvgIpc) is 2.28. The van der Waals surface area contributed by atoms with Crippen LogP contribution in [0.3, 0.4) is 0 Å². The lowest BCUT2D eigenvalue weighted by Gasteiger charge is -2.11. The lowest BCUT2D eigenvalue weighted by Crippen LogP contribution is -2.07. The molecule has 0 fully saturated rings. The van der Waals surface area contributed by atoms with Gasteiger partial charge in [-0.05, 0) is 25.3 Å². The van der Waals surface area contributed by atoms with Gasteiger partial charge in [-0.1, -0.05) is 6.92 Å². The SMILES string of the molecule is CCC(CC=C(CCCOC)OC)OC. The molecule has 0 amide bonds. The van der Waals surface area contributed by atoms with E-state index >= 15 is 0 Å². The lowest BCUT2D eigenvalue weighted by atomic mass is 10.1. The van der Waals surface area contributed by atoms with Crippen LogP contribution in [0.15, 0.2) is 11.8 Å². The van der Waals surface area contributed by atoms with Gasteiger partial charge in [0.25, 0.3) is 0 Å². The van der Waals surface area contributed by atoms with E-state index in [2.05, 4.69) is 13.0 Å². The van der Waals surface area contributed by atoms with Crippen molar-refractivity contribution in [1.82, 2.24) is 0 Å². The predicted molar refractivity (Wildman–Crippen MR) is 61.9 cm³/mol. The predicted octanol–water partition coefficient (Wildman–Crippen LogP) is 2.76. The highest BCUT2D eigenvalue weighted by Crippen LogP contribution is 2.10. The first-order valence-corrected chi connectivity index (χ1v) is 5.53. The molecule has 0 spiro atoms. The first kappa shape index (κ1) is 14.5. The van der Waals surface area contributed by atoms with E-state index in [1.807, 2.05) is 0 Å². The van der Waals surface area contributed by atoms with Crippen LogP contribution in [-0.2, 0) is 14.2 Å². The largest absolute Gasteiger partial charge is 0.501 e. The highest BCUT2D eigenvalue weighted by molar-refractivity contribution is 4.94. The lowest BCUT2D eigenvalue weighted by molar-refractivity contribution is 0.101. The van der Waals surface area contributed by atoms with Crippen LogP contribution in [0, 0.1) is 0 Å². The molecular weight excluding hydrogens is 192 g/mol. The van der Waals surface area contributed by atoms with Crippen molar-refractivity contribution in [1.29, 1.82) is 0 Å². The molecule has 0 heterocycles. The zero-order chi connectivity index (χ0) is 11.5. The summed E-state index contributed by atoms with van der Waals surface area (Å²) >= 11 is 0. The average molecular weight is 216 g/mol. The topological polar surface area (TPSA) is 27.7 Å². The van der Waals surface area contributed by atoms with Crippen molar-refractivity contribution in [3.8, 4) is 0 Å². The summed E-state index contributed by atoms with van der Waals surface area (Å²) in [5, 5.41) is 0. The highest BCUT2D eigenvalue weighted by atomic mass is 16.5. The summed E-state index contributed by atoms with van der Waals surface area (Å²) in [5.41, 5.74) is 0. The van der Waals surface area contributed by atoms with Gasteiger partial charge in [-0.25, -0.2) is 0 Å². The molecule has 0 aromatic rings. The Balaban J connectivity index is 3.86. The van der Waals surface area contributed by atoms with Gasteiger partial charge in [-0.3, -0.25) is 0 Å². The molecule has 0 bridgehead atoms. The maximum absolute atomic E-state index is 5.30. The van der Waals surface area contributed by atoms with Crippen LogP contribution in [0.4, 0.5) is 0 Å². The summed E-state index contributed by atoms with van der Waals surface area (Å²) in [6.07, 6.45) is 6.31. The fraction of sp³-hybridized carbons (Fsp3) is 0.833. The smallest absolute Gasteiger partial charge is 0.0917 e. The Labute approximate surface area is 93.4 Å². The van der Waals surface area contributed by atoms with E-state index in [9.17, 15) is 0 Å². The third-order valence-electron chi connectivity index (χ3n) is 2.43. The fourth-order valence-corrected chi connectivity index (χ4v) is 1.37. The molecule has 0 aromatic heterocycles. The number of allylic oxidation sites excluding steroid dienone is 1. The molecule has 15 heavy (non-hydrogen) atoms. The molecule has 1 unspecified atom stereocenters. The van der Waals surface area contributed by atoms with E-state index in [4.69, 9.17) is 14.2 Å². The van der Waals surface area contributed by atoms with Crippen molar-refractivity contribution in [2.45, 2.75) is 38.7 Å². The van der Waals surface area contributed by atoms with Gasteiger partial charge < -0.3 is 14.2 Å². The molecular formula is C12H24O3. The Morgan fingerprint density at radius 1 is 1.27 bits per heavy atom. The van der Waals surface area contributed by atoms with E-state index < -0.39 is 0 Å². The van der Waals surface area contributed by atoms with Gasteiger partial charge in [-0.15, -0.1) is 0 Å². The first-order valence-electron chi connectivity index (χ1n) is 5.53. The minimum Gasteiger partial charge on any atom is -0.501 e.